The van der Waals surface area contributed by atoms with Crippen LogP contribution in [0.3, 0.4) is 0 Å². The molecule has 0 spiro atoms. The van der Waals surface area contributed by atoms with Gasteiger partial charge in [0.05, 0.1) is 11.1 Å². The number of benzene rings is 1. The Hall–Kier alpha value is -5.30. The van der Waals surface area contributed by atoms with Crippen molar-refractivity contribution < 1.29 is 19.2 Å². The molecule has 4 fully saturated rings. The third-order valence-corrected chi connectivity index (χ3v) is 12.6. The molecule has 8 heterocycles. The van der Waals surface area contributed by atoms with Crippen molar-refractivity contribution in [3.63, 3.8) is 0 Å². The second-order valence-corrected chi connectivity index (χ2v) is 15.7. The van der Waals surface area contributed by atoms with Crippen molar-refractivity contribution in [2.24, 2.45) is 11.8 Å². The van der Waals surface area contributed by atoms with E-state index in [0.29, 0.717) is 47.8 Å². The van der Waals surface area contributed by atoms with Crippen LogP contribution < -0.4 is 20.4 Å². The molecule has 4 amide bonds. The Bertz CT molecular complexity index is 2100. The van der Waals surface area contributed by atoms with Crippen molar-refractivity contribution in [1.82, 2.24) is 30.1 Å². The normalized spacial score (nSPS) is 23.0. The van der Waals surface area contributed by atoms with Gasteiger partial charge in [-0.1, -0.05) is 6.07 Å². The molecule has 13 nitrogen and oxygen atoms in total. The Kier molecular flexibility index (Phi) is 9.04. The highest BCUT2D eigenvalue weighted by Gasteiger charge is 2.41. The molecule has 1 unspecified atom stereocenters. The molecule has 3 N–H and O–H groups in total. The first kappa shape index (κ1) is 34.5. The van der Waals surface area contributed by atoms with Crippen LogP contribution in [-0.4, -0.2) is 94.2 Å². The Morgan fingerprint density at radius 1 is 0.833 bits per heavy atom. The summed E-state index contributed by atoms with van der Waals surface area (Å²) in [6.07, 6.45) is 10.8. The minimum atomic E-state index is -0.605. The number of aromatic amines is 1. The molecule has 0 radical (unpaired) electrons. The average molecular weight is 730 g/mol. The molecule has 0 aliphatic carbocycles. The monoisotopic (exact) mass is 729 g/mol. The van der Waals surface area contributed by atoms with Crippen LogP contribution in [-0.2, 0) is 16.1 Å². The molecule has 4 saturated heterocycles. The Labute approximate surface area is 314 Å². The molecule has 3 aromatic heterocycles. The highest BCUT2D eigenvalue weighted by molar-refractivity contribution is 6.06. The molecule has 2 atom stereocenters. The van der Waals surface area contributed by atoms with Crippen LogP contribution in [0.5, 0.6) is 0 Å². The molecule has 5 aliphatic heterocycles. The van der Waals surface area contributed by atoms with Gasteiger partial charge < -0.3 is 25.0 Å². The lowest BCUT2D eigenvalue weighted by Crippen LogP contribution is -2.52. The van der Waals surface area contributed by atoms with Crippen molar-refractivity contribution in [3.8, 4) is 0 Å². The third-order valence-electron chi connectivity index (χ3n) is 12.6. The summed E-state index contributed by atoms with van der Waals surface area (Å²) >= 11 is 0. The molecule has 4 aromatic rings. The van der Waals surface area contributed by atoms with Crippen molar-refractivity contribution >= 4 is 51.9 Å². The Morgan fingerprint density at radius 2 is 1.61 bits per heavy atom. The van der Waals surface area contributed by atoms with Crippen molar-refractivity contribution in [3.05, 3.63) is 77.2 Å². The number of likely N-dealkylation sites (tertiary alicyclic amines) is 1. The largest absolute Gasteiger partial charge is 0.371 e. The van der Waals surface area contributed by atoms with Gasteiger partial charge in [-0.2, -0.15) is 0 Å². The molecule has 0 bridgehead atoms. The fourth-order valence-corrected chi connectivity index (χ4v) is 9.57. The fraction of sp³-hybridized carbons (Fsp3) is 0.463. The highest BCUT2D eigenvalue weighted by atomic mass is 16.2. The van der Waals surface area contributed by atoms with E-state index < -0.39 is 6.04 Å². The second kappa shape index (κ2) is 14.2. The maximum absolute atomic E-state index is 13.3. The summed E-state index contributed by atoms with van der Waals surface area (Å²) in [6.45, 7) is 5.25. The molecule has 9 rings (SSSR count). The van der Waals surface area contributed by atoms with E-state index in [9.17, 15) is 19.2 Å². The number of anilines is 3. The number of hydrogen-bond donors (Lipinski definition) is 3. The molecular weight excluding hydrogens is 683 g/mol. The first-order valence-corrected chi connectivity index (χ1v) is 19.5. The topological polar surface area (TPSA) is 147 Å². The fourth-order valence-electron chi connectivity index (χ4n) is 9.57. The van der Waals surface area contributed by atoms with Crippen LogP contribution in [0, 0.1) is 11.8 Å². The first-order chi connectivity index (χ1) is 26.3. The number of imide groups is 1. The SMILES string of the molecule is CN1CCC[C@@H]1c1cc2cnc(NC(=O)c3ccc(N4CCC(C5CCN(c6cccc7c6CN(C6CCC(=O)NC6=O)C7=O)CC5)CC4)nc3)cc2[nH]1. The number of amides is 4. The van der Waals surface area contributed by atoms with E-state index >= 15 is 0 Å². The van der Waals surface area contributed by atoms with E-state index in [4.69, 9.17) is 0 Å². The third kappa shape index (κ3) is 6.48. The smallest absolute Gasteiger partial charge is 0.258 e. The van der Waals surface area contributed by atoms with Crippen LogP contribution in [0.2, 0.25) is 0 Å². The second-order valence-electron chi connectivity index (χ2n) is 15.7. The van der Waals surface area contributed by atoms with E-state index in [0.717, 1.165) is 92.8 Å². The number of nitrogens with one attached hydrogen (secondary N) is 3. The Morgan fingerprint density at radius 3 is 2.31 bits per heavy atom. The van der Waals surface area contributed by atoms with E-state index in [-0.39, 0.29) is 30.0 Å². The molecule has 1 aromatic carbocycles. The maximum Gasteiger partial charge on any atom is 0.258 e. The molecule has 0 saturated carbocycles. The number of hydrogen-bond acceptors (Lipinski definition) is 9. The standard InChI is InChI=1S/C41H47N9O4/c1-47-15-3-6-34(47)32-20-28-23-42-36(21-31(28)44-32)45-39(52)27-7-9-37(43-22-27)49-18-13-26(14-19-49)25-11-16-48(17-12-25)33-5-2-4-29-30(33)24-50(41(29)54)35-8-10-38(51)46-40(35)53/h2,4-5,7,9,20-23,25-26,34-35,44H,3,6,8,10-19,24H2,1H3,(H,42,45,52)(H,46,51,53)/t34-,35?/m1/s1. The number of carbonyl (C=O) groups excluding carboxylic acids is 4. The van der Waals surface area contributed by atoms with E-state index in [2.05, 4.69) is 59.5 Å². The lowest BCUT2D eigenvalue weighted by molar-refractivity contribution is -0.136. The van der Waals surface area contributed by atoms with Crippen molar-refractivity contribution in [2.75, 3.05) is 54.9 Å². The van der Waals surface area contributed by atoms with Gasteiger partial charge in [-0.25, -0.2) is 9.97 Å². The van der Waals surface area contributed by atoms with Crippen molar-refractivity contribution in [1.29, 1.82) is 0 Å². The zero-order valence-corrected chi connectivity index (χ0v) is 30.7. The Balaban J connectivity index is 0.764. The van der Waals surface area contributed by atoms with Gasteiger partial charge in [-0.3, -0.25) is 29.4 Å². The van der Waals surface area contributed by atoms with Gasteiger partial charge in [0.2, 0.25) is 11.8 Å². The minimum absolute atomic E-state index is 0.126. The lowest BCUT2D eigenvalue weighted by Gasteiger charge is -2.41. The van der Waals surface area contributed by atoms with Crippen LogP contribution in [0.4, 0.5) is 17.3 Å². The summed E-state index contributed by atoms with van der Waals surface area (Å²) in [6, 6.07) is 13.6. The number of rotatable bonds is 7. The zero-order chi connectivity index (χ0) is 36.9. The number of piperidine rings is 3. The van der Waals surface area contributed by atoms with E-state index in [1.165, 1.54) is 12.1 Å². The summed E-state index contributed by atoms with van der Waals surface area (Å²) in [5.41, 5.74) is 5.41. The van der Waals surface area contributed by atoms with E-state index in [1.807, 2.05) is 36.5 Å². The number of H-pyrrole nitrogens is 1. The van der Waals surface area contributed by atoms with Crippen LogP contribution in [0.1, 0.15) is 89.4 Å². The summed E-state index contributed by atoms with van der Waals surface area (Å²) in [5, 5.41) is 6.38. The van der Waals surface area contributed by atoms with Crippen molar-refractivity contribution in [2.45, 2.75) is 70.0 Å². The minimum Gasteiger partial charge on any atom is -0.371 e. The average Bonchev–Trinajstić information content (AvgIpc) is 3.91. The summed E-state index contributed by atoms with van der Waals surface area (Å²) in [7, 11) is 2.16. The quantitative estimate of drug-likeness (QED) is 0.227. The van der Waals surface area contributed by atoms with Gasteiger partial charge in [0.25, 0.3) is 11.8 Å². The van der Waals surface area contributed by atoms with Crippen LogP contribution in [0.25, 0.3) is 10.9 Å². The van der Waals surface area contributed by atoms with Gasteiger partial charge in [-0.15, -0.1) is 0 Å². The van der Waals surface area contributed by atoms with Crippen LogP contribution in [0.15, 0.2) is 54.9 Å². The predicted molar refractivity (Wildman–Crippen MR) is 205 cm³/mol. The maximum atomic E-state index is 13.3. The molecular formula is C41H47N9O4. The number of fused-ring (bicyclic) bond motifs is 2. The first-order valence-electron chi connectivity index (χ1n) is 19.5. The lowest BCUT2D eigenvalue weighted by atomic mass is 9.78. The summed E-state index contributed by atoms with van der Waals surface area (Å²) < 4.78 is 0. The highest BCUT2D eigenvalue weighted by Crippen LogP contribution is 2.39. The van der Waals surface area contributed by atoms with Gasteiger partial charge in [0, 0.05) is 91.5 Å². The van der Waals surface area contributed by atoms with Crippen LogP contribution >= 0.6 is 0 Å². The van der Waals surface area contributed by atoms with E-state index in [1.54, 1.807) is 11.1 Å². The molecule has 5 aliphatic rings. The number of carbonyl (C=O) groups is 4. The summed E-state index contributed by atoms with van der Waals surface area (Å²) in [5.74, 6) is 1.70. The zero-order valence-electron chi connectivity index (χ0n) is 30.7. The number of nitrogens with zero attached hydrogens (tertiary/aromatic N) is 6. The van der Waals surface area contributed by atoms with Gasteiger partial charge >= 0.3 is 0 Å². The number of aromatic nitrogens is 3. The number of pyridine rings is 2. The molecule has 13 heteroatoms. The van der Waals surface area contributed by atoms with Gasteiger partial charge in [0.15, 0.2) is 0 Å². The van der Waals surface area contributed by atoms with Gasteiger partial charge in [0.1, 0.15) is 17.7 Å². The predicted octanol–water partition coefficient (Wildman–Crippen LogP) is 4.87. The van der Waals surface area contributed by atoms with Gasteiger partial charge in [-0.05, 0) is 101 Å². The summed E-state index contributed by atoms with van der Waals surface area (Å²) in [4.78, 5) is 72.2. The molecule has 280 valence electrons. The molecule has 54 heavy (non-hydrogen) atoms.